The molecule has 0 heterocycles. The Morgan fingerprint density at radius 1 is 1.29 bits per heavy atom. The monoisotopic (exact) mass is 235 g/mol. The molecular weight excluding hydrogens is 214 g/mol. The van der Waals surface area contributed by atoms with Gasteiger partial charge in [0.15, 0.2) is 0 Å². The Bertz CT molecular complexity index is 374. The second-order valence-corrected chi connectivity index (χ2v) is 4.39. The van der Waals surface area contributed by atoms with Gasteiger partial charge in [-0.15, -0.1) is 0 Å². The van der Waals surface area contributed by atoms with Gasteiger partial charge in [-0.25, -0.2) is 4.79 Å². The number of hydrogen-bond donors (Lipinski definition) is 2. The first-order chi connectivity index (χ1) is 8.13. The van der Waals surface area contributed by atoms with Crippen LogP contribution in [0.4, 0.5) is 10.5 Å². The van der Waals surface area contributed by atoms with Crippen LogP contribution in [0.25, 0.3) is 0 Å². The lowest BCUT2D eigenvalue weighted by Crippen LogP contribution is -2.08. The molecule has 0 aliphatic carbocycles. The summed E-state index contributed by atoms with van der Waals surface area (Å²) in [7, 11) is 0. The zero-order valence-electron chi connectivity index (χ0n) is 10.6. The number of hydrogen-bond acceptors (Lipinski definition) is 1. The van der Waals surface area contributed by atoms with E-state index in [1.165, 1.54) is 31.2 Å². The number of unbranched alkanes of at least 4 members (excludes halogenated alkanes) is 3. The average molecular weight is 235 g/mol. The fourth-order valence-electron chi connectivity index (χ4n) is 1.89. The topological polar surface area (TPSA) is 49.3 Å². The number of nitrogens with one attached hydrogen (secondary N) is 1. The highest BCUT2D eigenvalue weighted by atomic mass is 16.4. The zero-order chi connectivity index (χ0) is 12.7. The van der Waals surface area contributed by atoms with Gasteiger partial charge in [0.2, 0.25) is 0 Å². The predicted octanol–water partition coefficient (Wildman–Crippen LogP) is 4.21. The lowest BCUT2D eigenvalue weighted by atomic mass is 10.0. The summed E-state index contributed by atoms with van der Waals surface area (Å²) in [6.45, 7) is 4.14. The third-order valence-electron chi connectivity index (χ3n) is 2.85. The summed E-state index contributed by atoms with van der Waals surface area (Å²) >= 11 is 0. The summed E-state index contributed by atoms with van der Waals surface area (Å²) in [6, 6.07) is 5.92. The molecule has 1 aromatic carbocycles. The number of aryl methyl sites for hydroxylation is 2. The number of benzene rings is 1. The highest BCUT2D eigenvalue weighted by Gasteiger charge is 2.03. The molecule has 3 heteroatoms. The van der Waals surface area contributed by atoms with E-state index in [9.17, 15) is 4.79 Å². The average Bonchev–Trinajstić information content (AvgIpc) is 2.27. The molecular formula is C14H21NO2. The van der Waals surface area contributed by atoms with Crippen molar-refractivity contribution in [2.24, 2.45) is 0 Å². The van der Waals surface area contributed by atoms with Crippen molar-refractivity contribution in [2.45, 2.75) is 46.0 Å². The van der Waals surface area contributed by atoms with Gasteiger partial charge in [0.05, 0.1) is 0 Å². The first kappa shape index (κ1) is 13.6. The second-order valence-electron chi connectivity index (χ2n) is 4.39. The van der Waals surface area contributed by atoms with Gasteiger partial charge in [-0.05, 0) is 37.0 Å². The van der Waals surface area contributed by atoms with Gasteiger partial charge in [-0.1, -0.05) is 38.3 Å². The third kappa shape index (κ3) is 4.89. The molecule has 0 aliphatic heterocycles. The van der Waals surface area contributed by atoms with Gasteiger partial charge in [0.1, 0.15) is 0 Å². The van der Waals surface area contributed by atoms with E-state index in [1.54, 1.807) is 0 Å². The highest BCUT2D eigenvalue weighted by Crippen LogP contribution is 2.18. The van der Waals surface area contributed by atoms with Crippen molar-refractivity contribution >= 4 is 11.8 Å². The maximum Gasteiger partial charge on any atom is 0.409 e. The minimum absolute atomic E-state index is 0.676. The zero-order valence-corrected chi connectivity index (χ0v) is 10.6. The molecule has 1 amide bonds. The van der Waals surface area contributed by atoms with Gasteiger partial charge >= 0.3 is 6.09 Å². The first-order valence-electron chi connectivity index (χ1n) is 6.23. The molecule has 2 N–H and O–H groups in total. The maximum atomic E-state index is 10.5. The van der Waals surface area contributed by atoms with Crippen molar-refractivity contribution in [1.82, 2.24) is 0 Å². The summed E-state index contributed by atoms with van der Waals surface area (Å²) in [5.74, 6) is 0. The molecule has 0 bridgehead atoms. The molecule has 0 radical (unpaired) electrons. The Balaban J connectivity index is 2.53. The van der Waals surface area contributed by atoms with E-state index < -0.39 is 6.09 Å². The lowest BCUT2D eigenvalue weighted by Gasteiger charge is -2.08. The molecule has 0 saturated carbocycles. The lowest BCUT2D eigenvalue weighted by molar-refractivity contribution is 0.209. The van der Waals surface area contributed by atoms with Crippen LogP contribution in [0, 0.1) is 6.92 Å². The van der Waals surface area contributed by atoms with Crippen LogP contribution in [-0.2, 0) is 6.42 Å². The molecule has 17 heavy (non-hydrogen) atoms. The quantitative estimate of drug-likeness (QED) is 0.726. The Morgan fingerprint density at radius 2 is 2.06 bits per heavy atom. The molecule has 0 atom stereocenters. The summed E-state index contributed by atoms with van der Waals surface area (Å²) in [5.41, 5.74) is 2.95. The van der Waals surface area contributed by atoms with Crippen LogP contribution in [0.1, 0.15) is 43.7 Å². The summed E-state index contributed by atoms with van der Waals surface area (Å²) in [4.78, 5) is 10.5. The number of carboxylic acid groups (broad SMARTS) is 1. The summed E-state index contributed by atoms with van der Waals surface area (Å²) in [5, 5.41) is 11.0. The molecule has 1 rings (SSSR count). The van der Waals surface area contributed by atoms with E-state index in [1.807, 2.05) is 19.1 Å². The number of anilines is 1. The van der Waals surface area contributed by atoms with Crippen LogP contribution < -0.4 is 5.32 Å². The van der Waals surface area contributed by atoms with E-state index in [0.29, 0.717) is 5.69 Å². The van der Waals surface area contributed by atoms with Crippen LogP contribution in [0.3, 0.4) is 0 Å². The molecule has 3 nitrogen and oxygen atoms in total. The largest absolute Gasteiger partial charge is 0.465 e. The maximum absolute atomic E-state index is 10.5. The van der Waals surface area contributed by atoms with Crippen LogP contribution in [0.5, 0.6) is 0 Å². The van der Waals surface area contributed by atoms with Gasteiger partial charge in [-0.3, -0.25) is 5.32 Å². The van der Waals surface area contributed by atoms with E-state index >= 15 is 0 Å². The smallest absolute Gasteiger partial charge is 0.409 e. The van der Waals surface area contributed by atoms with E-state index in [0.717, 1.165) is 12.0 Å². The molecule has 0 saturated heterocycles. The Hall–Kier alpha value is -1.51. The fourth-order valence-corrected chi connectivity index (χ4v) is 1.89. The van der Waals surface area contributed by atoms with Crippen molar-refractivity contribution in [2.75, 3.05) is 5.32 Å². The van der Waals surface area contributed by atoms with Gasteiger partial charge in [0.25, 0.3) is 0 Å². The summed E-state index contributed by atoms with van der Waals surface area (Å²) < 4.78 is 0. The van der Waals surface area contributed by atoms with Crippen molar-refractivity contribution in [3.05, 3.63) is 29.3 Å². The molecule has 94 valence electrons. The van der Waals surface area contributed by atoms with Crippen LogP contribution in [-0.4, -0.2) is 11.2 Å². The molecule has 1 aromatic rings. The van der Waals surface area contributed by atoms with Gasteiger partial charge < -0.3 is 5.11 Å². The molecule has 0 fully saturated rings. The second kappa shape index (κ2) is 6.94. The Morgan fingerprint density at radius 3 is 2.65 bits per heavy atom. The van der Waals surface area contributed by atoms with Crippen LogP contribution in [0.15, 0.2) is 18.2 Å². The number of carbonyl (C=O) groups is 1. The fraction of sp³-hybridized carbons (Fsp3) is 0.500. The highest BCUT2D eigenvalue weighted by molar-refractivity contribution is 5.83. The van der Waals surface area contributed by atoms with E-state index in [-0.39, 0.29) is 0 Å². The van der Waals surface area contributed by atoms with Crippen molar-refractivity contribution in [3.8, 4) is 0 Å². The molecule has 0 aromatic heterocycles. The van der Waals surface area contributed by atoms with Crippen molar-refractivity contribution in [1.29, 1.82) is 0 Å². The van der Waals surface area contributed by atoms with Crippen molar-refractivity contribution in [3.63, 3.8) is 0 Å². The minimum Gasteiger partial charge on any atom is -0.465 e. The standard InChI is InChI=1S/C14H21NO2/c1-3-4-5-6-7-12-8-9-13(11(2)10-12)15-14(16)17/h8-10,15H,3-7H2,1-2H3,(H,16,17). The molecule has 0 aliphatic rings. The van der Waals surface area contributed by atoms with E-state index in [2.05, 4.69) is 18.3 Å². The number of rotatable bonds is 6. The Kier molecular flexibility index (Phi) is 5.53. The molecule has 0 unspecified atom stereocenters. The van der Waals surface area contributed by atoms with Gasteiger partial charge in [-0.2, -0.15) is 0 Å². The first-order valence-corrected chi connectivity index (χ1v) is 6.23. The minimum atomic E-state index is -1.01. The third-order valence-corrected chi connectivity index (χ3v) is 2.85. The van der Waals surface area contributed by atoms with Crippen molar-refractivity contribution < 1.29 is 9.90 Å². The van der Waals surface area contributed by atoms with Crippen LogP contribution in [0.2, 0.25) is 0 Å². The SMILES string of the molecule is CCCCCCc1ccc(NC(=O)O)c(C)c1. The normalized spacial score (nSPS) is 10.2. The summed E-state index contributed by atoms with van der Waals surface area (Å²) in [6.07, 6.45) is 5.08. The number of amides is 1. The Labute approximate surface area is 103 Å². The van der Waals surface area contributed by atoms with Crippen LogP contribution >= 0.6 is 0 Å². The van der Waals surface area contributed by atoms with E-state index in [4.69, 9.17) is 5.11 Å². The predicted molar refractivity (Wildman–Crippen MR) is 70.7 cm³/mol. The molecule has 0 spiro atoms. The van der Waals surface area contributed by atoms with Gasteiger partial charge in [0, 0.05) is 5.69 Å².